The molecule has 1 saturated carbocycles. The summed E-state index contributed by atoms with van der Waals surface area (Å²) in [6.07, 6.45) is 11.1. The van der Waals surface area contributed by atoms with E-state index in [0.29, 0.717) is 12.6 Å². The van der Waals surface area contributed by atoms with Crippen LogP contribution in [0.3, 0.4) is 0 Å². The fraction of sp³-hybridized carbons (Fsp3) is 0.474. The van der Waals surface area contributed by atoms with Crippen molar-refractivity contribution >= 4 is 11.7 Å². The van der Waals surface area contributed by atoms with E-state index in [4.69, 9.17) is 0 Å². The summed E-state index contributed by atoms with van der Waals surface area (Å²) in [6, 6.07) is 6.28. The molecule has 0 aromatic carbocycles. The van der Waals surface area contributed by atoms with Crippen LogP contribution in [0.25, 0.3) is 0 Å². The minimum atomic E-state index is 0.0278. The third kappa shape index (κ3) is 3.78. The Labute approximate surface area is 147 Å². The average Bonchev–Trinajstić information content (AvgIpc) is 3.52. The lowest BCUT2D eigenvalue weighted by atomic mass is 9.96. The first-order valence-corrected chi connectivity index (χ1v) is 9.02. The van der Waals surface area contributed by atoms with Crippen LogP contribution in [-0.2, 0) is 11.3 Å². The van der Waals surface area contributed by atoms with Crippen LogP contribution in [0.15, 0.2) is 43.0 Å². The van der Waals surface area contributed by atoms with Crippen LogP contribution in [0.5, 0.6) is 0 Å². The summed E-state index contributed by atoms with van der Waals surface area (Å²) >= 11 is 0. The van der Waals surface area contributed by atoms with Crippen molar-refractivity contribution in [2.24, 2.45) is 5.92 Å². The minimum Gasteiger partial charge on any atom is -0.355 e. The van der Waals surface area contributed by atoms with Gasteiger partial charge in [0, 0.05) is 37.7 Å². The van der Waals surface area contributed by atoms with Crippen LogP contribution in [0.1, 0.15) is 31.4 Å². The van der Waals surface area contributed by atoms with Crippen molar-refractivity contribution in [2.75, 3.05) is 18.0 Å². The van der Waals surface area contributed by atoms with Gasteiger partial charge in [-0.15, -0.1) is 0 Å². The van der Waals surface area contributed by atoms with Gasteiger partial charge in [-0.2, -0.15) is 0 Å². The zero-order valence-electron chi connectivity index (χ0n) is 14.3. The molecule has 2 aromatic heterocycles. The van der Waals surface area contributed by atoms with E-state index >= 15 is 0 Å². The van der Waals surface area contributed by atoms with Gasteiger partial charge in [0.15, 0.2) is 0 Å². The van der Waals surface area contributed by atoms with E-state index in [1.807, 2.05) is 23.1 Å². The molecule has 6 nitrogen and oxygen atoms in total. The lowest BCUT2D eigenvalue weighted by Gasteiger charge is -2.35. The lowest BCUT2D eigenvalue weighted by Crippen LogP contribution is -2.45. The number of anilines is 1. The van der Waals surface area contributed by atoms with E-state index in [2.05, 4.69) is 19.9 Å². The topological polar surface area (TPSA) is 62.2 Å². The number of carbonyl (C=O) groups excluding carboxylic acids is 1. The van der Waals surface area contributed by atoms with Crippen molar-refractivity contribution in [3.63, 3.8) is 0 Å². The van der Waals surface area contributed by atoms with Crippen LogP contribution >= 0.6 is 0 Å². The highest BCUT2D eigenvalue weighted by Gasteiger charge is 2.37. The Morgan fingerprint density at radius 3 is 2.80 bits per heavy atom. The molecule has 3 heterocycles. The predicted octanol–water partition coefficient (Wildman–Crippen LogP) is 2.28. The standard InChI is InChI=1S/C19H23N5O/c25-19(24(17-6-7-17)14-16-5-1-2-8-21-16)15-4-3-11-23(13-15)18-12-20-9-10-22-18/h1-2,5,8-10,12,15,17H,3-4,6-7,11,13-14H2/t15-/m0/s1. The highest BCUT2D eigenvalue weighted by molar-refractivity contribution is 5.80. The van der Waals surface area contributed by atoms with E-state index in [9.17, 15) is 4.79 Å². The summed E-state index contributed by atoms with van der Waals surface area (Å²) in [5.74, 6) is 1.16. The smallest absolute Gasteiger partial charge is 0.228 e. The molecule has 1 saturated heterocycles. The molecule has 0 bridgehead atoms. The summed E-state index contributed by atoms with van der Waals surface area (Å²) in [5.41, 5.74) is 0.962. The van der Waals surface area contributed by atoms with Gasteiger partial charge in [-0.05, 0) is 37.8 Å². The van der Waals surface area contributed by atoms with Gasteiger partial charge in [-0.3, -0.25) is 14.8 Å². The second-order valence-electron chi connectivity index (χ2n) is 6.87. The molecular formula is C19H23N5O. The molecule has 0 unspecified atom stereocenters. The molecule has 1 atom stereocenters. The zero-order valence-corrected chi connectivity index (χ0v) is 14.3. The lowest BCUT2D eigenvalue weighted by molar-refractivity contribution is -0.137. The maximum absolute atomic E-state index is 13.2. The summed E-state index contributed by atoms with van der Waals surface area (Å²) in [6.45, 7) is 2.28. The Kier molecular flexibility index (Phi) is 4.59. The van der Waals surface area contributed by atoms with Crippen molar-refractivity contribution in [1.82, 2.24) is 19.9 Å². The van der Waals surface area contributed by atoms with E-state index in [1.165, 1.54) is 0 Å². The number of amides is 1. The molecule has 6 heteroatoms. The number of pyridine rings is 1. The number of piperidine rings is 1. The quantitative estimate of drug-likeness (QED) is 0.838. The Hall–Kier alpha value is -2.50. The van der Waals surface area contributed by atoms with Gasteiger partial charge >= 0.3 is 0 Å². The molecule has 0 spiro atoms. The zero-order chi connectivity index (χ0) is 17.1. The minimum absolute atomic E-state index is 0.0278. The van der Waals surface area contributed by atoms with Crippen molar-refractivity contribution < 1.29 is 4.79 Å². The Bertz CT molecular complexity index is 704. The number of aromatic nitrogens is 3. The largest absolute Gasteiger partial charge is 0.355 e. The van der Waals surface area contributed by atoms with Gasteiger partial charge in [0.05, 0.1) is 24.4 Å². The van der Waals surface area contributed by atoms with Crippen molar-refractivity contribution in [2.45, 2.75) is 38.3 Å². The molecule has 2 aromatic rings. The third-order valence-electron chi connectivity index (χ3n) is 4.97. The molecule has 0 radical (unpaired) electrons. The monoisotopic (exact) mass is 337 g/mol. The number of rotatable bonds is 5. The van der Waals surface area contributed by atoms with Gasteiger partial charge in [0.2, 0.25) is 5.91 Å². The second kappa shape index (κ2) is 7.17. The predicted molar refractivity (Wildman–Crippen MR) is 94.8 cm³/mol. The van der Waals surface area contributed by atoms with Crippen molar-refractivity contribution in [3.8, 4) is 0 Å². The maximum Gasteiger partial charge on any atom is 0.228 e. The fourth-order valence-electron chi connectivity index (χ4n) is 3.52. The number of carbonyl (C=O) groups is 1. The normalized spacial score (nSPS) is 20.3. The Morgan fingerprint density at radius 1 is 1.16 bits per heavy atom. The molecule has 0 N–H and O–H groups in total. The van der Waals surface area contributed by atoms with Gasteiger partial charge in [-0.1, -0.05) is 6.07 Å². The van der Waals surface area contributed by atoms with Crippen LogP contribution in [0, 0.1) is 5.92 Å². The van der Waals surface area contributed by atoms with Gasteiger partial charge in [-0.25, -0.2) is 4.98 Å². The SMILES string of the molecule is O=C([C@H]1CCCN(c2cnccn2)C1)N(Cc1ccccn1)C1CC1. The molecule has 2 aliphatic rings. The molecule has 4 rings (SSSR count). The summed E-state index contributed by atoms with van der Waals surface area (Å²) in [5, 5.41) is 0. The first-order chi connectivity index (χ1) is 12.3. The molecule has 2 fully saturated rings. The highest BCUT2D eigenvalue weighted by atomic mass is 16.2. The van der Waals surface area contributed by atoms with E-state index < -0.39 is 0 Å². The Balaban J connectivity index is 1.46. The second-order valence-corrected chi connectivity index (χ2v) is 6.87. The van der Waals surface area contributed by atoms with Gasteiger partial charge in [0.25, 0.3) is 0 Å². The molecule has 25 heavy (non-hydrogen) atoms. The molecule has 1 aliphatic heterocycles. The third-order valence-corrected chi connectivity index (χ3v) is 4.97. The van der Waals surface area contributed by atoms with Crippen LogP contribution in [0.2, 0.25) is 0 Å². The van der Waals surface area contributed by atoms with E-state index in [-0.39, 0.29) is 11.8 Å². The summed E-state index contributed by atoms with van der Waals surface area (Å²) < 4.78 is 0. The fourth-order valence-corrected chi connectivity index (χ4v) is 3.52. The molecule has 1 aliphatic carbocycles. The number of hydrogen-bond donors (Lipinski definition) is 0. The van der Waals surface area contributed by atoms with Gasteiger partial charge in [0.1, 0.15) is 5.82 Å². The van der Waals surface area contributed by atoms with Crippen LogP contribution < -0.4 is 4.90 Å². The van der Waals surface area contributed by atoms with Crippen LogP contribution in [-0.4, -0.2) is 44.9 Å². The number of nitrogens with zero attached hydrogens (tertiary/aromatic N) is 5. The maximum atomic E-state index is 13.2. The van der Waals surface area contributed by atoms with Crippen molar-refractivity contribution in [3.05, 3.63) is 48.7 Å². The Morgan fingerprint density at radius 2 is 2.08 bits per heavy atom. The highest BCUT2D eigenvalue weighted by Crippen LogP contribution is 2.31. The summed E-state index contributed by atoms with van der Waals surface area (Å²) in [7, 11) is 0. The average molecular weight is 337 g/mol. The van der Waals surface area contributed by atoms with Crippen LogP contribution in [0.4, 0.5) is 5.82 Å². The van der Waals surface area contributed by atoms with Crippen molar-refractivity contribution in [1.29, 1.82) is 0 Å². The number of hydrogen-bond acceptors (Lipinski definition) is 5. The molecular weight excluding hydrogens is 314 g/mol. The van der Waals surface area contributed by atoms with E-state index in [1.54, 1.807) is 24.8 Å². The summed E-state index contributed by atoms with van der Waals surface area (Å²) in [4.78, 5) is 30.4. The first-order valence-electron chi connectivity index (χ1n) is 9.02. The first kappa shape index (κ1) is 16.0. The molecule has 1 amide bonds. The molecule has 130 valence electrons. The van der Waals surface area contributed by atoms with Gasteiger partial charge < -0.3 is 9.80 Å². The van der Waals surface area contributed by atoms with E-state index in [0.717, 1.165) is 50.3 Å².